The summed E-state index contributed by atoms with van der Waals surface area (Å²) in [5.74, 6) is 0. The van der Waals surface area contributed by atoms with Crippen molar-refractivity contribution in [2.24, 2.45) is 10.8 Å². The third-order valence-corrected chi connectivity index (χ3v) is 5.39. The highest BCUT2D eigenvalue weighted by Gasteiger charge is 2.34. The molecule has 0 spiro atoms. The summed E-state index contributed by atoms with van der Waals surface area (Å²) < 4.78 is 5.15. The summed E-state index contributed by atoms with van der Waals surface area (Å²) in [6.45, 7) is 13.7. The molecule has 0 heterocycles. The molecule has 0 saturated heterocycles. The lowest BCUT2D eigenvalue weighted by atomic mass is 9.77. The lowest BCUT2D eigenvalue weighted by molar-refractivity contribution is 0.217. The van der Waals surface area contributed by atoms with Gasteiger partial charge >= 0.3 is 0 Å². The molecule has 1 nitrogen and oxygen atoms in total. The Labute approximate surface area is 79.8 Å². The zero-order valence-corrected chi connectivity index (χ0v) is 10.8. The summed E-state index contributed by atoms with van der Waals surface area (Å²) in [7, 11) is 3.03. The van der Waals surface area contributed by atoms with Crippen molar-refractivity contribution in [2.75, 3.05) is 0 Å². The molecule has 73 valence electrons. The third kappa shape index (κ3) is 3.72. The van der Waals surface area contributed by atoms with E-state index >= 15 is 0 Å². The molecular weight excluding hydrogens is 164 g/mol. The highest BCUT2D eigenvalue weighted by Crippen LogP contribution is 2.44. The lowest BCUT2D eigenvalue weighted by Crippen LogP contribution is -2.32. The minimum absolute atomic E-state index is 0.349. The molecule has 0 saturated carbocycles. The van der Waals surface area contributed by atoms with E-state index in [2.05, 4.69) is 48.7 Å². The summed E-state index contributed by atoms with van der Waals surface area (Å²) in [6.07, 6.45) is 0. The fraction of sp³-hybridized carbons (Fsp3) is 0.900. The van der Waals surface area contributed by atoms with E-state index in [0.717, 1.165) is 0 Å². The molecule has 0 N–H and O–H groups in total. The van der Waals surface area contributed by atoms with Crippen LogP contribution in [0.25, 0.3) is 0 Å². The van der Waals surface area contributed by atoms with Gasteiger partial charge < -0.3 is 4.43 Å². The summed E-state index contributed by atoms with van der Waals surface area (Å²) in [4.78, 5) is 0. The van der Waals surface area contributed by atoms with Gasteiger partial charge in [0.2, 0.25) is 0 Å². The van der Waals surface area contributed by atoms with E-state index < -0.39 is 9.76 Å². The van der Waals surface area contributed by atoms with Crippen LogP contribution in [0.3, 0.4) is 0 Å². The van der Waals surface area contributed by atoms with Crippen LogP contribution in [0.5, 0.6) is 0 Å². The maximum Gasteiger partial charge on any atom is 0.165 e. The molecule has 0 bridgehead atoms. The van der Waals surface area contributed by atoms with Gasteiger partial charge in [0.1, 0.15) is 0 Å². The predicted molar refractivity (Wildman–Crippen MR) is 57.6 cm³/mol. The lowest BCUT2D eigenvalue weighted by Gasteiger charge is -2.39. The van der Waals surface area contributed by atoms with E-state index in [4.69, 9.17) is 4.43 Å². The fourth-order valence-electron chi connectivity index (χ4n) is 1.92. The van der Waals surface area contributed by atoms with Gasteiger partial charge in [-0.2, -0.15) is 0 Å². The Kier molecular flexibility index (Phi) is 3.98. The van der Waals surface area contributed by atoms with Crippen LogP contribution in [0, 0.1) is 17.9 Å². The number of hydrogen-bond donors (Lipinski definition) is 0. The van der Waals surface area contributed by atoms with Crippen molar-refractivity contribution in [1.82, 2.24) is 0 Å². The highest BCUT2D eigenvalue weighted by molar-refractivity contribution is 6.30. The first-order chi connectivity index (χ1) is 5.19. The van der Waals surface area contributed by atoms with Crippen LogP contribution >= 0.6 is 0 Å². The molecule has 12 heavy (non-hydrogen) atoms. The van der Waals surface area contributed by atoms with Gasteiger partial charge in [-0.05, 0) is 16.4 Å². The summed E-state index contributed by atoms with van der Waals surface area (Å²) in [6, 6.07) is 0. The smallest absolute Gasteiger partial charge is 0.165 e. The van der Waals surface area contributed by atoms with Gasteiger partial charge in [-0.1, -0.05) is 41.5 Å². The molecule has 0 rings (SSSR count). The van der Waals surface area contributed by atoms with Gasteiger partial charge in [0.25, 0.3) is 0 Å². The largest absolute Gasteiger partial charge is 0.421 e. The molecular formula is C10H23OSi. The minimum Gasteiger partial charge on any atom is -0.421 e. The second kappa shape index (κ2) is 3.92. The summed E-state index contributed by atoms with van der Waals surface area (Å²) >= 11 is 0. The second-order valence-electron chi connectivity index (χ2n) is 5.66. The van der Waals surface area contributed by atoms with E-state index in [1.807, 2.05) is 0 Å². The van der Waals surface area contributed by atoms with Gasteiger partial charge in [-0.25, -0.2) is 0 Å². The molecule has 0 aliphatic rings. The van der Waals surface area contributed by atoms with Gasteiger partial charge in [-0.3, -0.25) is 0 Å². The average molecular weight is 187 g/mol. The van der Waals surface area contributed by atoms with Crippen molar-refractivity contribution >= 4 is 9.76 Å². The molecule has 0 atom stereocenters. The Morgan fingerprint density at radius 3 is 1.42 bits per heavy atom. The highest BCUT2D eigenvalue weighted by atomic mass is 28.2. The Balaban J connectivity index is 4.45. The molecule has 0 aromatic carbocycles. The maximum atomic E-state index is 5.15. The van der Waals surface area contributed by atoms with Crippen LogP contribution in [-0.2, 0) is 4.43 Å². The van der Waals surface area contributed by atoms with Crippen LogP contribution in [0.4, 0.5) is 0 Å². The monoisotopic (exact) mass is 187 g/mol. The molecule has 0 aliphatic carbocycles. The van der Waals surface area contributed by atoms with Crippen molar-refractivity contribution in [3.05, 3.63) is 7.11 Å². The predicted octanol–water partition coefficient (Wildman–Crippen LogP) is 2.76. The number of hydrogen-bond acceptors (Lipinski definition) is 1. The van der Waals surface area contributed by atoms with Crippen LogP contribution < -0.4 is 0 Å². The molecule has 2 heteroatoms. The Bertz CT molecular complexity index is 116. The topological polar surface area (TPSA) is 9.23 Å². The quantitative estimate of drug-likeness (QED) is 0.604. The average Bonchev–Trinajstić information content (AvgIpc) is 1.77. The first kappa shape index (κ1) is 12.2. The molecule has 0 fully saturated rings. The van der Waals surface area contributed by atoms with E-state index in [-0.39, 0.29) is 0 Å². The van der Waals surface area contributed by atoms with Gasteiger partial charge in [-0.15, -0.1) is 0 Å². The normalized spacial score (nSPS) is 15.0. The van der Waals surface area contributed by atoms with E-state index in [1.165, 1.54) is 0 Å². The van der Waals surface area contributed by atoms with Gasteiger partial charge in [0.15, 0.2) is 9.76 Å². The fourth-order valence-corrected chi connectivity index (χ4v) is 3.15. The minimum atomic E-state index is -0.484. The summed E-state index contributed by atoms with van der Waals surface area (Å²) in [5, 5.41) is 0. The molecule has 0 unspecified atom stereocenters. The molecule has 0 aliphatic heterocycles. The van der Waals surface area contributed by atoms with Gasteiger partial charge in [0.05, 0.1) is 7.11 Å². The Morgan fingerprint density at radius 1 is 1.00 bits per heavy atom. The van der Waals surface area contributed by atoms with E-state index in [9.17, 15) is 0 Å². The number of rotatable bonds is 2. The van der Waals surface area contributed by atoms with Crippen molar-refractivity contribution in [2.45, 2.75) is 47.1 Å². The third-order valence-electron chi connectivity index (χ3n) is 2.38. The molecule has 0 aromatic heterocycles. The van der Waals surface area contributed by atoms with Crippen molar-refractivity contribution in [3.8, 4) is 0 Å². The van der Waals surface area contributed by atoms with Crippen LogP contribution in [0.15, 0.2) is 0 Å². The molecule has 0 aromatic rings. The zero-order valence-electron chi connectivity index (χ0n) is 9.40. The molecule has 0 amide bonds. The first-order valence-electron chi connectivity index (χ1n) is 4.56. The first-order valence-corrected chi connectivity index (χ1v) is 5.96. The zero-order chi connectivity index (χ0) is 9.99. The Hall–Kier alpha value is 0.177. The van der Waals surface area contributed by atoms with E-state index in [1.54, 1.807) is 0 Å². The van der Waals surface area contributed by atoms with E-state index in [0.29, 0.717) is 16.4 Å². The SMILES string of the molecule is [CH2]O[SiH2]C(C(C)(C)C)C(C)(C)C. The maximum absolute atomic E-state index is 5.15. The van der Waals surface area contributed by atoms with Crippen molar-refractivity contribution in [3.63, 3.8) is 0 Å². The van der Waals surface area contributed by atoms with Crippen LogP contribution in [-0.4, -0.2) is 9.76 Å². The van der Waals surface area contributed by atoms with Crippen molar-refractivity contribution in [1.29, 1.82) is 0 Å². The second-order valence-corrected chi connectivity index (χ2v) is 7.21. The van der Waals surface area contributed by atoms with Gasteiger partial charge in [0, 0.05) is 0 Å². The molecule has 1 radical (unpaired) electrons. The van der Waals surface area contributed by atoms with Crippen LogP contribution in [0.1, 0.15) is 41.5 Å². The van der Waals surface area contributed by atoms with Crippen molar-refractivity contribution < 1.29 is 4.43 Å². The standard InChI is InChI=1S/C10H23OSi/c1-9(2,3)8(12-11-7)10(4,5)6/h8H,7,12H2,1-6H3. The van der Waals surface area contributed by atoms with Crippen LogP contribution in [0.2, 0.25) is 5.54 Å². The summed E-state index contributed by atoms with van der Waals surface area (Å²) in [5.41, 5.74) is 1.38. The Morgan fingerprint density at radius 2 is 1.33 bits per heavy atom.